The first-order chi connectivity index (χ1) is 17.6. The van der Waals surface area contributed by atoms with E-state index in [2.05, 4.69) is 51.7 Å². The molecule has 5 rings (SSSR count). The van der Waals surface area contributed by atoms with Gasteiger partial charge in [0.05, 0.1) is 13.0 Å². The van der Waals surface area contributed by atoms with Gasteiger partial charge in [-0.1, -0.05) is 29.8 Å². The van der Waals surface area contributed by atoms with E-state index >= 15 is 0 Å². The van der Waals surface area contributed by atoms with Crippen LogP contribution in [0.3, 0.4) is 0 Å². The molecule has 0 spiro atoms. The lowest BCUT2D eigenvalue weighted by molar-refractivity contribution is -0.125. The van der Waals surface area contributed by atoms with Crippen molar-refractivity contribution in [2.45, 2.75) is 26.3 Å². The van der Waals surface area contributed by atoms with Gasteiger partial charge in [0, 0.05) is 43.7 Å². The predicted molar refractivity (Wildman–Crippen MR) is 137 cm³/mol. The van der Waals surface area contributed by atoms with Crippen LogP contribution in [-0.2, 0) is 11.3 Å². The molecule has 0 radical (unpaired) electrons. The van der Waals surface area contributed by atoms with Gasteiger partial charge in [-0.3, -0.25) is 4.79 Å². The third-order valence-electron chi connectivity index (χ3n) is 6.43. The van der Waals surface area contributed by atoms with Crippen LogP contribution < -0.4 is 29.7 Å². The maximum absolute atomic E-state index is 12.9. The van der Waals surface area contributed by atoms with Crippen molar-refractivity contribution in [2.24, 2.45) is 5.92 Å². The van der Waals surface area contributed by atoms with Crippen LogP contribution in [0.15, 0.2) is 48.7 Å². The molecule has 2 aromatic carbocycles. The number of hydrogen-bond donors (Lipinski definition) is 2. The molecule has 188 valence electrons. The van der Waals surface area contributed by atoms with Gasteiger partial charge >= 0.3 is 0 Å². The summed E-state index contributed by atoms with van der Waals surface area (Å²) in [5.41, 5.74) is 3.05. The molecule has 3 aromatic rings. The van der Waals surface area contributed by atoms with Crippen molar-refractivity contribution in [1.29, 1.82) is 0 Å². The lowest BCUT2D eigenvalue weighted by atomic mass is 9.97. The highest BCUT2D eigenvalue weighted by Crippen LogP contribution is 2.42. The summed E-state index contributed by atoms with van der Waals surface area (Å²) in [7, 11) is 1.60. The minimum Gasteiger partial charge on any atom is -0.493 e. The number of anilines is 3. The van der Waals surface area contributed by atoms with Crippen molar-refractivity contribution in [2.75, 3.05) is 43.6 Å². The Morgan fingerprint density at radius 2 is 2.00 bits per heavy atom. The SMILES string of the molecule is COc1cc(Nc2nccc(N3CCCC(C(=O)NCc4ccc(C)cc4)C3)n2)cc2c1OCCO2. The van der Waals surface area contributed by atoms with E-state index in [-0.39, 0.29) is 11.8 Å². The fourth-order valence-corrected chi connectivity index (χ4v) is 4.50. The van der Waals surface area contributed by atoms with Crippen LogP contribution in [0.5, 0.6) is 17.2 Å². The van der Waals surface area contributed by atoms with Crippen LogP contribution in [0.25, 0.3) is 0 Å². The average Bonchev–Trinajstić information content (AvgIpc) is 2.92. The van der Waals surface area contributed by atoms with Crippen LogP contribution in [0.2, 0.25) is 0 Å². The molecule has 2 aliphatic heterocycles. The molecule has 36 heavy (non-hydrogen) atoms. The van der Waals surface area contributed by atoms with Gasteiger partial charge in [0.1, 0.15) is 19.0 Å². The number of carbonyl (C=O) groups excluding carboxylic acids is 1. The zero-order chi connectivity index (χ0) is 24.9. The molecular formula is C27H31N5O4. The molecule has 0 bridgehead atoms. The molecule has 1 aromatic heterocycles. The largest absolute Gasteiger partial charge is 0.493 e. The average molecular weight is 490 g/mol. The Hall–Kier alpha value is -4.01. The van der Waals surface area contributed by atoms with Crippen molar-refractivity contribution in [1.82, 2.24) is 15.3 Å². The molecule has 1 fully saturated rings. The van der Waals surface area contributed by atoms with Crippen LogP contribution >= 0.6 is 0 Å². The quantitative estimate of drug-likeness (QED) is 0.517. The number of amides is 1. The number of piperidine rings is 1. The first kappa shape index (κ1) is 23.7. The number of aromatic nitrogens is 2. The van der Waals surface area contributed by atoms with E-state index in [0.717, 1.165) is 36.5 Å². The highest BCUT2D eigenvalue weighted by molar-refractivity contribution is 5.79. The van der Waals surface area contributed by atoms with Gasteiger partial charge in [0.2, 0.25) is 17.6 Å². The molecule has 9 nitrogen and oxygen atoms in total. The second-order valence-electron chi connectivity index (χ2n) is 9.05. The molecule has 2 N–H and O–H groups in total. The summed E-state index contributed by atoms with van der Waals surface area (Å²) in [5.74, 6) is 3.04. The number of carbonyl (C=O) groups is 1. The lowest BCUT2D eigenvalue weighted by Gasteiger charge is -2.33. The molecule has 2 aliphatic rings. The number of nitrogens with zero attached hydrogens (tertiary/aromatic N) is 3. The Balaban J connectivity index is 1.24. The van der Waals surface area contributed by atoms with Gasteiger partial charge in [-0.25, -0.2) is 4.98 Å². The molecule has 0 saturated carbocycles. The third-order valence-corrected chi connectivity index (χ3v) is 6.43. The molecular weight excluding hydrogens is 458 g/mol. The molecule has 1 atom stereocenters. The van der Waals surface area contributed by atoms with Crippen LogP contribution in [0.4, 0.5) is 17.5 Å². The summed E-state index contributed by atoms with van der Waals surface area (Å²) in [6, 6.07) is 13.8. The molecule has 1 amide bonds. The van der Waals surface area contributed by atoms with Crippen molar-refractivity contribution in [3.63, 3.8) is 0 Å². The van der Waals surface area contributed by atoms with Gasteiger partial charge < -0.3 is 29.7 Å². The van der Waals surface area contributed by atoms with Gasteiger partial charge in [-0.05, 0) is 31.4 Å². The van der Waals surface area contributed by atoms with E-state index in [4.69, 9.17) is 19.2 Å². The number of benzene rings is 2. The summed E-state index contributed by atoms with van der Waals surface area (Å²) in [6.45, 7) is 5.03. The topological polar surface area (TPSA) is 97.8 Å². The number of nitrogens with one attached hydrogen (secondary N) is 2. The predicted octanol–water partition coefficient (Wildman–Crippen LogP) is 3.84. The first-order valence-corrected chi connectivity index (χ1v) is 12.2. The maximum atomic E-state index is 12.9. The molecule has 1 saturated heterocycles. The first-order valence-electron chi connectivity index (χ1n) is 12.2. The number of hydrogen-bond acceptors (Lipinski definition) is 8. The molecule has 9 heteroatoms. The zero-order valence-electron chi connectivity index (χ0n) is 20.6. The Morgan fingerprint density at radius 3 is 2.83 bits per heavy atom. The van der Waals surface area contributed by atoms with E-state index in [1.165, 1.54) is 5.56 Å². The normalized spacial score (nSPS) is 16.8. The Labute approximate surface area is 210 Å². The highest BCUT2D eigenvalue weighted by atomic mass is 16.6. The van der Waals surface area contributed by atoms with Crippen molar-refractivity contribution >= 4 is 23.4 Å². The summed E-state index contributed by atoms with van der Waals surface area (Å²) in [4.78, 5) is 24.1. The Bertz CT molecular complexity index is 1200. The molecule has 1 unspecified atom stereocenters. The number of rotatable bonds is 7. The minimum absolute atomic E-state index is 0.0797. The smallest absolute Gasteiger partial charge is 0.229 e. The van der Waals surface area contributed by atoms with Crippen molar-refractivity contribution < 1.29 is 19.0 Å². The summed E-state index contributed by atoms with van der Waals surface area (Å²) >= 11 is 0. The van der Waals surface area contributed by atoms with Crippen molar-refractivity contribution in [3.8, 4) is 17.2 Å². The number of methoxy groups -OCH3 is 1. The molecule has 0 aliphatic carbocycles. The van der Waals surface area contributed by atoms with Gasteiger partial charge in [0.15, 0.2) is 11.5 Å². The van der Waals surface area contributed by atoms with E-state index in [0.29, 0.717) is 49.5 Å². The second kappa shape index (κ2) is 10.7. The van der Waals surface area contributed by atoms with E-state index in [1.807, 2.05) is 18.2 Å². The molecule has 3 heterocycles. The monoisotopic (exact) mass is 489 g/mol. The van der Waals surface area contributed by atoms with Crippen LogP contribution in [-0.4, -0.2) is 49.3 Å². The maximum Gasteiger partial charge on any atom is 0.229 e. The van der Waals surface area contributed by atoms with E-state index in [9.17, 15) is 4.79 Å². The second-order valence-corrected chi connectivity index (χ2v) is 9.05. The number of fused-ring (bicyclic) bond motifs is 1. The van der Waals surface area contributed by atoms with Crippen molar-refractivity contribution in [3.05, 3.63) is 59.8 Å². The van der Waals surface area contributed by atoms with E-state index < -0.39 is 0 Å². The van der Waals surface area contributed by atoms with Gasteiger partial charge in [-0.2, -0.15) is 4.98 Å². The summed E-state index contributed by atoms with van der Waals surface area (Å²) in [5, 5.41) is 6.34. The van der Waals surface area contributed by atoms with Crippen LogP contribution in [0.1, 0.15) is 24.0 Å². The minimum atomic E-state index is -0.0855. The number of aryl methyl sites for hydroxylation is 1. The third kappa shape index (κ3) is 5.45. The Kier molecular flexibility index (Phi) is 7.06. The summed E-state index contributed by atoms with van der Waals surface area (Å²) < 4.78 is 16.9. The van der Waals surface area contributed by atoms with Crippen LogP contribution in [0, 0.1) is 12.8 Å². The number of ether oxygens (including phenoxy) is 3. The van der Waals surface area contributed by atoms with E-state index in [1.54, 1.807) is 13.3 Å². The fraction of sp³-hybridized carbons (Fsp3) is 0.370. The van der Waals surface area contributed by atoms with Gasteiger partial charge in [0.25, 0.3) is 0 Å². The summed E-state index contributed by atoms with van der Waals surface area (Å²) in [6.07, 6.45) is 3.51. The lowest BCUT2D eigenvalue weighted by Crippen LogP contribution is -2.43. The standard InChI is InChI=1S/C27H31N5O4/c1-18-5-7-19(8-6-18)16-29-26(33)20-4-3-11-32(17-20)24-9-10-28-27(31-24)30-21-14-22(34-2)25-23(15-21)35-12-13-36-25/h5-10,14-15,20H,3-4,11-13,16-17H2,1-2H3,(H,29,33)(H,28,30,31). The zero-order valence-corrected chi connectivity index (χ0v) is 20.6. The fourth-order valence-electron chi connectivity index (χ4n) is 4.50. The Morgan fingerprint density at radius 1 is 1.17 bits per heavy atom. The highest BCUT2D eigenvalue weighted by Gasteiger charge is 2.27. The van der Waals surface area contributed by atoms with Gasteiger partial charge in [-0.15, -0.1) is 0 Å².